The first kappa shape index (κ1) is 22.6. The van der Waals surface area contributed by atoms with Crippen molar-refractivity contribution < 1.29 is 23.7 Å². The fourth-order valence-electron chi connectivity index (χ4n) is 1.86. The van der Waals surface area contributed by atoms with E-state index in [2.05, 4.69) is 19.7 Å². The van der Waals surface area contributed by atoms with Gasteiger partial charge in [-0.05, 0) is 6.42 Å². The highest BCUT2D eigenvalue weighted by molar-refractivity contribution is 5.71. The Balaban J connectivity index is 4.95. The summed E-state index contributed by atoms with van der Waals surface area (Å²) in [4.78, 5) is 12.0. The molecule has 0 saturated carbocycles. The summed E-state index contributed by atoms with van der Waals surface area (Å²) in [7, 11) is 0. The second kappa shape index (κ2) is 14.0. The Labute approximate surface area is 146 Å². The normalized spacial score (nSPS) is 12.4. The van der Waals surface area contributed by atoms with E-state index in [4.69, 9.17) is 18.9 Å². The molecule has 0 saturated heterocycles. The van der Waals surface area contributed by atoms with Gasteiger partial charge in [-0.3, -0.25) is 4.79 Å². The lowest BCUT2D eigenvalue weighted by molar-refractivity contribution is -0.159. The summed E-state index contributed by atoms with van der Waals surface area (Å²) in [6, 6.07) is 0. The van der Waals surface area contributed by atoms with Crippen molar-refractivity contribution in [1.29, 1.82) is 0 Å². The van der Waals surface area contributed by atoms with Gasteiger partial charge < -0.3 is 18.9 Å². The van der Waals surface area contributed by atoms with Gasteiger partial charge in [-0.2, -0.15) is 0 Å². The number of rotatable bonds is 16. The van der Waals surface area contributed by atoms with Gasteiger partial charge in [0.15, 0.2) is 0 Å². The van der Waals surface area contributed by atoms with Crippen LogP contribution in [0.1, 0.15) is 20.3 Å². The van der Waals surface area contributed by atoms with E-state index in [1.807, 2.05) is 13.8 Å². The molecule has 0 spiro atoms. The molecule has 1 atom stereocenters. The molecule has 0 aromatic carbocycles. The van der Waals surface area contributed by atoms with E-state index in [1.54, 1.807) is 18.2 Å². The van der Waals surface area contributed by atoms with Crippen LogP contribution in [0.3, 0.4) is 0 Å². The highest BCUT2D eigenvalue weighted by Gasteiger charge is 2.34. The van der Waals surface area contributed by atoms with E-state index in [1.165, 1.54) is 0 Å². The van der Waals surface area contributed by atoms with Gasteiger partial charge in [0.2, 0.25) is 0 Å². The van der Waals surface area contributed by atoms with Crippen LogP contribution >= 0.6 is 0 Å². The Morgan fingerprint density at radius 3 is 1.67 bits per heavy atom. The van der Waals surface area contributed by atoms with Crippen LogP contribution in [0.25, 0.3) is 0 Å². The number of carbonyl (C=O) groups excluding carboxylic acids is 1. The zero-order valence-electron chi connectivity index (χ0n) is 15.1. The van der Waals surface area contributed by atoms with Gasteiger partial charge in [0, 0.05) is 0 Å². The summed E-state index contributed by atoms with van der Waals surface area (Å²) < 4.78 is 22.3. The molecule has 0 fully saturated rings. The minimum Gasteiger partial charge on any atom is -0.465 e. The maximum Gasteiger partial charge on any atom is 0.308 e. The van der Waals surface area contributed by atoms with Crippen LogP contribution in [0, 0.1) is 11.3 Å². The fraction of sp³-hybridized carbons (Fsp3) is 0.632. The Morgan fingerprint density at radius 1 is 0.917 bits per heavy atom. The summed E-state index contributed by atoms with van der Waals surface area (Å²) in [5.41, 5.74) is -0.585. The molecule has 0 radical (unpaired) electrons. The minimum absolute atomic E-state index is 0.139. The summed E-state index contributed by atoms with van der Waals surface area (Å²) in [5.74, 6) is -0.363. The summed E-state index contributed by atoms with van der Waals surface area (Å²) in [6.07, 6.45) is 5.75. The molecule has 5 nitrogen and oxygen atoms in total. The molecule has 0 aliphatic rings. The highest BCUT2D eigenvalue weighted by Crippen LogP contribution is 2.22. The van der Waals surface area contributed by atoms with E-state index in [0.717, 1.165) is 6.42 Å². The van der Waals surface area contributed by atoms with Crippen LogP contribution in [-0.2, 0) is 23.7 Å². The van der Waals surface area contributed by atoms with Gasteiger partial charge in [-0.15, -0.1) is 19.7 Å². The Morgan fingerprint density at radius 2 is 1.33 bits per heavy atom. The van der Waals surface area contributed by atoms with Gasteiger partial charge in [0.1, 0.15) is 6.61 Å². The van der Waals surface area contributed by atoms with Gasteiger partial charge in [-0.25, -0.2) is 0 Å². The molecular weight excluding hydrogens is 308 g/mol. The SMILES string of the molecule is C=CCOCC(COCC=C)(COCC=C)COC(=O)C(C)CC. The molecule has 0 bridgehead atoms. The zero-order chi connectivity index (χ0) is 18.3. The van der Waals surface area contributed by atoms with E-state index in [0.29, 0.717) is 39.6 Å². The summed E-state index contributed by atoms with van der Waals surface area (Å²) in [5, 5.41) is 0. The summed E-state index contributed by atoms with van der Waals surface area (Å²) in [6.45, 7) is 17.1. The van der Waals surface area contributed by atoms with E-state index in [9.17, 15) is 4.79 Å². The lowest BCUT2D eigenvalue weighted by atomic mass is 9.92. The quantitative estimate of drug-likeness (QED) is 0.245. The molecule has 1 unspecified atom stereocenters. The maximum absolute atomic E-state index is 12.0. The molecule has 24 heavy (non-hydrogen) atoms. The van der Waals surface area contributed by atoms with Gasteiger partial charge in [0.25, 0.3) is 0 Å². The van der Waals surface area contributed by atoms with Gasteiger partial charge in [0.05, 0.1) is 51.0 Å². The van der Waals surface area contributed by atoms with Crippen molar-refractivity contribution in [1.82, 2.24) is 0 Å². The molecule has 0 rings (SSSR count). The third-order valence-electron chi connectivity index (χ3n) is 3.47. The first-order chi connectivity index (χ1) is 11.5. The molecule has 0 aliphatic heterocycles. The lowest BCUT2D eigenvalue weighted by Gasteiger charge is -2.32. The smallest absolute Gasteiger partial charge is 0.308 e. The molecule has 5 heteroatoms. The van der Waals surface area contributed by atoms with Crippen LogP contribution in [0.15, 0.2) is 38.0 Å². The predicted octanol–water partition coefficient (Wildman–Crippen LogP) is 3.17. The van der Waals surface area contributed by atoms with Crippen molar-refractivity contribution in [2.75, 3.05) is 46.2 Å². The zero-order valence-corrected chi connectivity index (χ0v) is 15.1. The molecule has 0 aliphatic carbocycles. The summed E-state index contributed by atoms with van der Waals surface area (Å²) >= 11 is 0. The van der Waals surface area contributed by atoms with Crippen LogP contribution in [-0.4, -0.2) is 52.2 Å². The fourth-order valence-corrected chi connectivity index (χ4v) is 1.86. The first-order valence-electron chi connectivity index (χ1n) is 8.27. The standard InChI is InChI=1S/C19H32O5/c1-6-10-21-13-19(14-22-11-7-2,15-23-12-8-3)16-24-18(20)17(5)9-4/h6-8,17H,1-3,9-16H2,4-5H3. The average Bonchev–Trinajstić information content (AvgIpc) is 2.59. The van der Waals surface area contributed by atoms with Crippen molar-refractivity contribution >= 4 is 5.97 Å². The second-order valence-electron chi connectivity index (χ2n) is 5.83. The third-order valence-corrected chi connectivity index (χ3v) is 3.47. The average molecular weight is 340 g/mol. The largest absolute Gasteiger partial charge is 0.465 e. The molecule has 0 aromatic heterocycles. The maximum atomic E-state index is 12.0. The van der Waals surface area contributed by atoms with Gasteiger partial charge in [-0.1, -0.05) is 32.1 Å². The van der Waals surface area contributed by atoms with E-state index < -0.39 is 5.41 Å². The Bertz CT molecular complexity index is 342. The topological polar surface area (TPSA) is 54.0 Å². The van der Waals surface area contributed by atoms with Crippen molar-refractivity contribution in [3.63, 3.8) is 0 Å². The van der Waals surface area contributed by atoms with Crippen LogP contribution in [0.2, 0.25) is 0 Å². The molecule has 138 valence electrons. The van der Waals surface area contributed by atoms with Crippen LogP contribution in [0.5, 0.6) is 0 Å². The number of carbonyl (C=O) groups is 1. The van der Waals surface area contributed by atoms with Crippen molar-refractivity contribution in [3.05, 3.63) is 38.0 Å². The van der Waals surface area contributed by atoms with Crippen molar-refractivity contribution in [2.45, 2.75) is 20.3 Å². The second-order valence-corrected chi connectivity index (χ2v) is 5.83. The van der Waals surface area contributed by atoms with Gasteiger partial charge >= 0.3 is 5.97 Å². The number of hydrogen-bond acceptors (Lipinski definition) is 5. The number of esters is 1. The minimum atomic E-state index is -0.585. The molecule has 0 aromatic rings. The number of hydrogen-bond donors (Lipinski definition) is 0. The van der Waals surface area contributed by atoms with Crippen LogP contribution < -0.4 is 0 Å². The van der Waals surface area contributed by atoms with E-state index >= 15 is 0 Å². The van der Waals surface area contributed by atoms with Crippen molar-refractivity contribution in [3.8, 4) is 0 Å². The van der Waals surface area contributed by atoms with E-state index in [-0.39, 0.29) is 18.5 Å². The first-order valence-corrected chi connectivity index (χ1v) is 8.27. The van der Waals surface area contributed by atoms with Crippen molar-refractivity contribution in [2.24, 2.45) is 11.3 Å². The number of ether oxygens (including phenoxy) is 4. The van der Waals surface area contributed by atoms with Crippen LogP contribution in [0.4, 0.5) is 0 Å². The predicted molar refractivity (Wildman–Crippen MR) is 95.9 cm³/mol. The Hall–Kier alpha value is -1.43. The highest BCUT2D eigenvalue weighted by atomic mass is 16.5. The molecule has 0 heterocycles. The third kappa shape index (κ3) is 9.65. The Kier molecular flexibility index (Phi) is 13.1. The molecule has 0 amide bonds. The molecule has 0 N–H and O–H groups in total. The lowest BCUT2D eigenvalue weighted by Crippen LogP contribution is -2.42. The monoisotopic (exact) mass is 340 g/mol. The molecular formula is C19H32O5.